The Balaban J connectivity index is 2.04. The van der Waals surface area contributed by atoms with Crippen molar-refractivity contribution in [3.63, 3.8) is 0 Å². The zero-order valence-electron chi connectivity index (χ0n) is 12.1. The Morgan fingerprint density at radius 2 is 1.95 bits per heavy atom. The van der Waals surface area contributed by atoms with Gasteiger partial charge in [-0.25, -0.2) is 0 Å². The number of carbonyl (C=O) groups is 2. The summed E-state index contributed by atoms with van der Waals surface area (Å²) in [6.07, 6.45) is 4.02. The summed E-state index contributed by atoms with van der Waals surface area (Å²) in [5, 5.41) is 12.0. The van der Waals surface area contributed by atoms with Gasteiger partial charge in [0.2, 0.25) is 5.91 Å². The first-order chi connectivity index (χ1) is 9.90. The fraction of sp³-hybridized carbons (Fsp3) is 0.500. The SMILES string of the molecule is Cc1ccc(NC(=O)CC2(CC(=O)O)CCCC2)c(Br)c1. The van der Waals surface area contributed by atoms with E-state index >= 15 is 0 Å². The van der Waals surface area contributed by atoms with Crippen LogP contribution in [-0.2, 0) is 9.59 Å². The summed E-state index contributed by atoms with van der Waals surface area (Å²) in [5.74, 6) is -0.927. The number of carboxylic acid groups (broad SMARTS) is 1. The average Bonchev–Trinajstić information content (AvgIpc) is 2.80. The van der Waals surface area contributed by atoms with Gasteiger partial charge in [-0.1, -0.05) is 18.9 Å². The molecule has 0 atom stereocenters. The second kappa shape index (κ2) is 6.60. The molecule has 21 heavy (non-hydrogen) atoms. The third-order valence-corrected chi connectivity index (χ3v) is 4.78. The third kappa shape index (κ3) is 4.30. The van der Waals surface area contributed by atoms with E-state index in [0.717, 1.165) is 41.4 Å². The number of anilines is 1. The second-order valence-corrected chi connectivity index (χ2v) is 6.84. The van der Waals surface area contributed by atoms with E-state index in [1.807, 2.05) is 25.1 Å². The molecule has 1 fully saturated rings. The van der Waals surface area contributed by atoms with E-state index in [-0.39, 0.29) is 24.2 Å². The zero-order valence-corrected chi connectivity index (χ0v) is 13.7. The number of benzene rings is 1. The molecular weight excluding hydrogens is 334 g/mol. The van der Waals surface area contributed by atoms with Crippen molar-refractivity contribution in [2.24, 2.45) is 5.41 Å². The molecule has 5 heteroatoms. The molecule has 2 N–H and O–H groups in total. The monoisotopic (exact) mass is 353 g/mol. The van der Waals surface area contributed by atoms with Crippen LogP contribution < -0.4 is 5.32 Å². The van der Waals surface area contributed by atoms with Crippen molar-refractivity contribution in [3.05, 3.63) is 28.2 Å². The van der Waals surface area contributed by atoms with Crippen LogP contribution in [0.3, 0.4) is 0 Å². The van der Waals surface area contributed by atoms with Crippen LogP contribution in [-0.4, -0.2) is 17.0 Å². The molecule has 1 aliphatic carbocycles. The van der Waals surface area contributed by atoms with Gasteiger partial charge in [0.1, 0.15) is 0 Å². The number of halogens is 1. The van der Waals surface area contributed by atoms with E-state index < -0.39 is 5.97 Å². The highest BCUT2D eigenvalue weighted by Gasteiger charge is 2.38. The minimum absolute atomic E-state index is 0.0789. The average molecular weight is 354 g/mol. The summed E-state index contributed by atoms with van der Waals surface area (Å²) in [6.45, 7) is 1.98. The second-order valence-electron chi connectivity index (χ2n) is 5.99. The highest BCUT2D eigenvalue weighted by Crippen LogP contribution is 2.44. The summed E-state index contributed by atoms with van der Waals surface area (Å²) < 4.78 is 0.842. The van der Waals surface area contributed by atoms with Crippen LogP contribution in [0.25, 0.3) is 0 Å². The highest BCUT2D eigenvalue weighted by atomic mass is 79.9. The zero-order chi connectivity index (χ0) is 15.5. The number of carbonyl (C=O) groups excluding carboxylic acids is 1. The van der Waals surface area contributed by atoms with E-state index in [2.05, 4.69) is 21.2 Å². The summed E-state index contributed by atoms with van der Waals surface area (Å²) in [7, 11) is 0. The molecule has 1 aliphatic rings. The number of hydrogen-bond acceptors (Lipinski definition) is 2. The molecule has 2 rings (SSSR count). The number of aryl methyl sites for hydroxylation is 1. The first-order valence-electron chi connectivity index (χ1n) is 7.18. The van der Waals surface area contributed by atoms with Crippen LogP contribution >= 0.6 is 15.9 Å². The standard InChI is InChI=1S/C16H20BrNO3/c1-11-4-5-13(12(17)8-11)18-14(19)9-16(10-15(20)21)6-2-3-7-16/h4-5,8H,2-3,6-7,9-10H2,1H3,(H,18,19)(H,20,21). The summed E-state index contributed by atoms with van der Waals surface area (Å²) in [6, 6.07) is 5.73. The van der Waals surface area contributed by atoms with Crippen LogP contribution in [0.4, 0.5) is 5.69 Å². The summed E-state index contributed by atoms with van der Waals surface area (Å²) >= 11 is 3.43. The maximum absolute atomic E-state index is 12.3. The van der Waals surface area contributed by atoms with Gasteiger partial charge >= 0.3 is 5.97 Å². The maximum atomic E-state index is 12.3. The van der Waals surface area contributed by atoms with Crippen molar-refractivity contribution in [2.45, 2.75) is 45.4 Å². The number of aliphatic carboxylic acids is 1. The Labute approximate surface area is 133 Å². The first-order valence-corrected chi connectivity index (χ1v) is 7.97. The number of amides is 1. The van der Waals surface area contributed by atoms with Gasteiger partial charge in [-0.05, 0) is 58.8 Å². The van der Waals surface area contributed by atoms with Crippen molar-refractivity contribution >= 4 is 33.5 Å². The predicted octanol–water partition coefficient (Wildman–Crippen LogP) is 4.12. The number of rotatable bonds is 5. The molecule has 1 amide bonds. The van der Waals surface area contributed by atoms with Crippen LogP contribution in [0.15, 0.2) is 22.7 Å². The number of hydrogen-bond donors (Lipinski definition) is 2. The lowest BCUT2D eigenvalue weighted by Crippen LogP contribution is -2.27. The predicted molar refractivity (Wildman–Crippen MR) is 85.3 cm³/mol. The van der Waals surface area contributed by atoms with Crippen LogP contribution in [0, 0.1) is 12.3 Å². The fourth-order valence-electron chi connectivity index (χ4n) is 3.12. The van der Waals surface area contributed by atoms with Crippen molar-refractivity contribution in [2.75, 3.05) is 5.32 Å². The Hall–Kier alpha value is -1.36. The van der Waals surface area contributed by atoms with Gasteiger partial charge in [0.25, 0.3) is 0 Å². The van der Waals surface area contributed by atoms with Gasteiger partial charge in [-0.2, -0.15) is 0 Å². The minimum atomic E-state index is -0.818. The van der Waals surface area contributed by atoms with Crippen molar-refractivity contribution < 1.29 is 14.7 Å². The third-order valence-electron chi connectivity index (χ3n) is 4.12. The molecule has 0 aliphatic heterocycles. The van der Waals surface area contributed by atoms with Gasteiger partial charge in [-0.15, -0.1) is 0 Å². The van der Waals surface area contributed by atoms with Crippen LogP contribution in [0.1, 0.15) is 44.1 Å². The lowest BCUT2D eigenvalue weighted by Gasteiger charge is -2.26. The van der Waals surface area contributed by atoms with Gasteiger partial charge in [0, 0.05) is 10.9 Å². The van der Waals surface area contributed by atoms with Crippen molar-refractivity contribution in [1.29, 1.82) is 0 Å². The molecule has 0 unspecified atom stereocenters. The van der Waals surface area contributed by atoms with Gasteiger partial charge in [0.15, 0.2) is 0 Å². The fourth-order valence-corrected chi connectivity index (χ4v) is 3.71. The van der Waals surface area contributed by atoms with Gasteiger partial charge in [0.05, 0.1) is 12.1 Å². The van der Waals surface area contributed by atoms with E-state index in [1.165, 1.54) is 0 Å². The van der Waals surface area contributed by atoms with E-state index in [4.69, 9.17) is 5.11 Å². The molecule has 1 aromatic rings. The topological polar surface area (TPSA) is 66.4 Å². The van der Waals surface area contributed by atoms with Crippen LogP contribution in [0.2, 0.25) is 0 Å². The van der Waals surface area contributed by atoms with E-state index in [0.29, 0.717) is 0 Å². The maximum Gasteiger partial charge on any atom is 0.303 e. The molecule has 0 radical (unpaired) electrons. The smallest absolute Gasteiger partial charge is 0.303 e. The molecule has 1 saturated carbocycles. The molecule has 0 spiro atoms. The Morgan fingerprint density at radius 1 is 1.29 bits per heavy atom. The summed E-state index contributed by atoms with van der Waals surface area (Å²) in [4.78, 5) is 23.3. The Morgan fingerprint density at radius 3 is 2.52 bits per heavy atom. The largest absolute Gasteiger partial charge is 0.481 e. The van der Waals surface area contributed by atoms with Crippen molar-refractivity contribution in [3.8, 4) is 0 Å². The Bertz CT molecular complexity index is 550. The van der Waals surface area contributed by atoms with Gasteiger partial charge < -0.3 is 10.4 Å². The number of nitrogens with one attached hydrogen (secondary N) is 1. The van der Waals surface area contributed by atoms with E-state index in [9.17, 15) is 9.59 Å². The molecule has 114 valence electrons. The molecule has 0 bridgehead atoms. The lowest BCUT2D eigenvalue weighted by molar-refractivity contribution is -0.140. The number of carboxylic acids is 1. The lowest BCUT2D eigenvalue weighted by atomic mass is 9.79. The highest BCUT2D eigenvalue weighted by molar-refractivity contribution is 9.10. The molecule has 1 aromatic carbocycles. The molecule has 4 nitrogen and oxygen atoms in total. The van der Waals surface area contributed by atoms with Crippen LogP contribution in [0.5, 0.6) is 0 Å². The normalized spacial score (nSPS) is 16.7. The summed E-state index contributed by atoms with van der Waals surface area (Å²) in [5.41, 5.74) is 1.47. The first kappa shape index (κ1) is 16.0. The van der Waals surface area contributed by atoms with E-state index in [1.54, 1.807) is 0 Å². The Kier molecular flexibility index (Phi) is 5.04. The van der Waals surface area contributed by atoms with Crippen molar-refractivity contribution in [1.82, 2.24) is 0 Å². The quantitative estimate of drug-likeness (QED) is 0.836. The van der Waals surface area contributed by atoms with Gasteiger partial charge in [-0.3, -0.25) is 9.59 Å². The molecule has 0 saturated heterocycles. The molecule has 0 heterocycles. The minimum Gasteiger partial charge on any atom is -0.481 e. The molecular formula is C16H20BrNO3. The molecule has 0 aromatic heterocycles.